The van der Waals surface area contributed by atoms with E-state index in [0.717, 1.165) is 5.56 Å². The molecule has 0 saturated carbocycles. The second kappa shape index (κ2) is 6.70. The molecular weight excluding hydrogens is 273 g/mol. The van der Waals surface area contributed by atoms with Gasteiger partial charge in [0.2, 0.25) is 5.91 Å². The average Bonchev–Trinajstić information content (AvgIpc) is 2.84. The molecule has 2 rings (SSSR count). The number of carbonyl (C=O) groups excluding carboxylic acids is 2. The van der Waals surface area contributed by atoms with Gasteiger partial charge in [-0.25, -0.2) is 0 Å². The van der Waals surface area contributed by atoms with Crippen LogP contribution in [0.15, 0.2) is 30.3 Å². The third-order valence-electron chi connectivity index (χ3n) is 3.94. The first-order chi connectivity index (χ1) is 10.1. The van der Waals surface area contributed by atoms with Gasteiger partial charge in [-0.05, 0) is 19.4 Å². The van der Waals surface area contributed by atoms with Crippen LogP contribution in [0.1, 0.15) is 25.5 Å². The number of nitrogens with zero attached hydrogens (tertiary/aromatic N) is 1. The lowest BCUT2D eigenvalue weighted by Crippen LogP contribution is -2.33. The standard InChI is InChI=1S/C16H20FNO3/c1-3-21-16(20)14-13(9-17)10-18(15(14)19)11(2)12-7-5-4-6-8-12/h4-8,11,13-14H,3,9-10H2,1-2H3/t11?,13-,14?/m1/s1. The largest absolute Gasteiger partial charge is 0.465 e. The van der Waals surface area contributed by atoms with Crippen LogP contribution in [-0.4, -0.2) is 36.6 Å². The Morgan fingerprint density at radius 1 is 1.43 bits per heavy atom. The van der Waals surface area contributed by atoms with E-state index < -0.39 is 24.5 Å². The van der Waals surface area contributed by atoms with Crippen molar-refractivity contribution in [3.63, 3.8) is 0 Å². The molecule has 1 aliphatic heterocycles. The molecule has 2 unspecified atom stereocenters. The predicted octanol–water partition coefficient (Wildman–Crippen LogP) is 2.35. The molecule has 5 heteroatoms. The Balaban J connectivity index is 2.19. The van der Waals surface area contributed by atoms with Gasteiger partial charge in [-0.2, -0.15) is 0 Å². The number of esters is 1. The fourth-order valence-electron chi connectivity index (χ4n) is 2.75. The summed E-state index contributed by atoms with van der Waals surface area (Å²) in [7, 11) is 0. The van der Waals surface area contributed by atoms with Crippen molar-refractivity contribution in [1.82, 2.24) is 4.90 Å². The summed E-state index contributed by atoms with van der Waals surface area (Å²) < 4.78 is 18.1. The van der Waals surface area contributed by atoms with Gasteiger partial charge in [-0.1, -0.05) is 30.3 Å². The number of alkyl halides is 1. The first kappa shape index (κ1) is 15.5. The molecule has 3 atom stereocenters. The third kappa shape index (κ3) is 3.06. The summed E-state index contributed by atoms with van der Waals surface area (Å²) in [5.74, 6) is -2.59. The number of amides is 1. The summed E-state index contributed by atoms with van der Waals surface area (Å²) in [5, 5.41) is 0. The van der Waals surface area contributed by atoms with Gasteiger partial charge in [0.25, 0.3) is 0 Å². The summed E-state index contributed by atoms with van der Waals surface area (Å²) in [6, 6.07) is 9.32. The molecule has 1 fully saturated rings. The highest BCUT2D eigenvalue weighted by molar-refractivity contribution is 6.00. The summed E-state index contributed by atoms with van der Waals surface area (Å²) in [6.45, 7) is 3.29. The molecule has 0 spiro atoms. The van der Waals surface area contributed by atoms with Crippen LogP contribution in [0.4, 0.5) is 4.39 Å². The molecule has 1 heterocycles. The first-order valence-electron chi connectivity index (χ1n) is 7.18. The summed E-state index contributed by atoms with van der Waals surface area (Å²) in [4.78, 5) is 25.9. The lowest BCUT2D eigenvalue weighted by molar-refractivity contribution is -0.154. The molecule has 0 aromatic heterocycles. The fourth-order valence-corrected chi connectivity index (χ4v) is 2.75. The molecule has 0 N–H and O–H groups in total. The van der Waals surface area contributed by atoms with Crippen LogP contribution in [-0.2, 0) is 14.3 Å². The lowest BCUT2D eigenvalue weighted by atomic mass is 9.97. The van der Waals surface area contributed by atoms with Crippen LogP contribution in [0.5, 0.6) is 0 Å². The zero-order valence-electron chi connectivity index (χ0n) is 12.3. The normalized spacial score (nSPS) is 23.2. The highest BCUT2D eigenvalue weighted by atomic mass is 19.1. The quantitative estimate of drug-likeness (QED) is 0.618. The number of hydrogen-bond acceptors (Lipinski definition) is 3. The molecule has 1 aromatic rings. The highest BCUT2D eigenvalue weighted by Crippen LogP contribution is 2.33. The number of rotatable bonds is 5. The van der Waals surface area contributed by atoms with Crippen LogP contribution >= 0.6 is 0 Å². The minimum atomic E-state index is -1.01. The van der Waals surface area contributed by atoms with Gasteiger partial charge >= 0.3 is 5.97 Å². The lowest BCUT2D eigenvalue weighted by Gasteiger charge is -2.25. The highest BCUT2D eigenvalue weighted by Gasteiger charge is 2.47. The SMILES string of the molecule is CCOC(=O)C1C(=O)N(C(C)c2ccccc2)C[C@H]1CF. The minimum Gasteiger partial charge on any atom is -0.465 e. The van der Waals surface area contributed by atoms with Crippen LogP contribution in [0.25, 0.3) is 0 Å². The Labute approximate surface area is 123 Å². The Morgan fingerprint density at radius 3 is 2.67 bits per heavy atom. The number of hydrogen-bond donors (Lipinski definition) is 0. The molecule has 1 saturated heterocycles. The average molecular weight is 293 g/mol. The van der Waals surface area contributed by atoms with Gasteiger partial charge in [0.1, 0.15) is 5.92 Å². The van der Waals surface area contributed by atoms with Gasteiger partial charge in [-0.3, -0.25) is 14.0 Å². The maximum atomic E-state index is 13.2. The van der Waals surface area contributed by atoms with Crippen molar-refractivity contribution in [3.05, 3.63) is 35.9 Å². The zero-order chi connectivity index (χ0) is 15.4. The van der Waals surface area contributed by atoms with E-state index in [2.05, 4.69) is 0 Å². The second-order valence-corrected chi connectivity index (χ2v) is 5.22. The Kier molecular flexibility index (Phi) is 4.94. The monoisotopic (exact) mass is 293 g/mol. The Hall–Kier alpha value is -1.91. The van der Waals surface area contributed by atoms with Gasteiger partial charge in [0.15, 0.2) is 0 Å². The maximum Gasteiger partial charge on any atom is 0.318 e. The van der Waals surface area contributed by atoms with Crippen LogP contribution in [0.2, 0.25) is 0 Å². The van der Waals surface area contributed by atoms with Crippen molar-refractivity contribution in [1.29, 1.82) is 0 Å². The second-order valence-electron chi connectivity index (χ2n) is 5.22. The molecule has 1 aliphatic rings. The zero-order valence-corrected chi connectivity index (χ0v) is 12.3. The molecule has 0 bridgehead atoms. The summed E-state index contributed by atoms with van der Waals surface area (Å²) >= 11 is 0. The van der Waals surface area contributed by atoms with Gasteiger partial charge < -0.3 is 9.64 Å². The molecular formula is C16H20FNO3. The number of carbonyl (C=O) groups is 2. The molecule has 114 valence electrons. The van der Waals surface area contributed by atoms with Gasteiger partial charge in [-0.15, -0.1) is 0 Å². The van der Waals surface area contributed by atoms with Crippen molar-refractivity contribution in [2.24, 2.45) is 11.8 Å². The van der Waals surface area contributed by atoms with E-state index in [9.17, 15) is 14.0 Å². The number of halogens is 1. The topological polar surface area (TPSA) is 46.6 Å². The fraction of sp³-hybridized carbons (Fsp3) is 0.500. The van der Waals surface area contributed by atoms with E-state index in [0.29, 0.717) is 0 Å². The van der Waals surface area contributed by atoms with Crippen LogP contribution in [0.3, 0.4) is 0 Å². The minimum absolute atomic E-state index is 0.188. The molecule has 0 radical (unpaired) electrons. The van der Waals surface area contributed by atoms with Gasteiger partial charge in [0.05, 0.1) is 19.3 Å². The van der Waals surface area contributed by atoms with E-state index in [1.54, 1.807) is 11.8 Å². The predicted molar refractivity (Wildman–Crippen MR) is 76.2 cm³/mol. The molecule has 4 nitrogen and oxygen atoms in total. The number of ether oxygens (including phenoxy) is 1. The van der Waals surface area contributed by atoms with Crippen LogP contribution < -0.4 is 0 Å². The summed E-state index contributed by atoms with van der Waals surface area (Å²) in [6.07, 6.45) is 0. The molecule has 0 aliphatic carbocycles. The van der Waals surface area contributed by atoms with Crippen LogP contribution in [0, 0.1) is 11.8 Å². The van der Waals surface area contributed by atoms with E-state index in [1.165, 1.54) is 0 Å². The van der Waals surface area contributed by atoms with E-state index in [1.807, 2.05) is 37.3 Å². The molecule has 1 aromatic carbocycles. The van der Waals surface area contributed by atoms with Crippen molar-refractivity contribution in [2.45, 2.75) is 19.9 Å². The molecule has 21 heavy (non-hydrogen) atoms. The van der Waals surface area contributed by atoms with Crippen molar-refractivity contribution >= 4 is 11.9 Å². The number of benzene rings is 1. The number of likely N-dealkylation sites (tertiary alicyclic amines) is 1. The van der Waals surface area contributed by atoms with Crippen molar-refractivity contribution in [2.75, 3.05) is 19.8 Å². The summed E-state index contributed by atoms with van der Waals surface area (Å²) in [5.41, 5.74) is 0.966. The van der Waals surface area contributed by atoms with E-state index >= 15 is 0 Å². The smallest absolute Gasteiger partial charge is 0.318 e. The van der Waals surface area contributed by atoms with E-state index in [-0.39, 0.29) is 25.1 Å². The van der Waals surface area contributed by atoms with Crippen molar-refractivity contribution < 1.29 is 18.7 Å². The van der Waals surface area contributed by atoms with E-state index in [4.69, 9.17) is 4.74 Å². The molecule has 1 amide bonds. The third-order valence-corrected chi connectivity index (χ3v) is 3.94. The first-order valence-corrected chi connectivity index (χ1v) is 7.18. The van der Waals surface area contributed by atoms with Gasteiger partial charge in [0, 0.05) is 12.5 Å². The Bertz CT molecular complexity index is 506. The van der Waals surface area contributed by atoms with Crippen molar-refractivity contribution in [3.8, 4) is 0 Å². The maximum absolute atomic E-state index is 13.2. The Morgan fingerprint density at radius 2 is 2.10 bits per heavy atom.